The molecule has 2 heterocycles. The second kappa shape index (κ2) is 11.2. The number of nitrogens with one attached hydrogen (secondary N) is 1. The molecular weight excluding hydrogens is 510 g/mol. The van der Waals surface area contributed by atoms with Crippen molar-refractivity contribution in [3.05, 3.63) is 110 Å². The third-order valence-electron chi connectivity index (χ3n) is 6.22. The summed E-state index contributed by atoms with van der Waals surface area (Å²) < 4.78 is 0. The zero-order valence-corrected chi connectivity index (χ0v) is 23.1. The first kappa shape index (κ1) is 25.7. The molecule has 3 aromatic carbocycles. The molecule has 0 radical (unpaired) electrons. The Morgan fingerprint density at radius 1 is 1.00 bits per heavy atom. The number of hydrogen-bond acceptors (Lipinski definition) is 7. The number of hydrogen-bond donors (Lipinski definition) is 1. The Morgan fingerprint density at radius 3 is 2.39 bits per heavy atom. The summed E-state index contributed by atoms with van der Waals surface area (Å²) in [7, 11) is 2.01. The van der Waals surface area contributed by atoms with E-state index in [0.29, 0.717) is 34.4 Å². The normalized spacial score (nSPS) is 18.5. The van der Waals surface area contributed by atoms with Crippen molar-refractivity contribution in [2.24, 2.45) is 4.99 Å². The van der Waals surface area contributed by atoms with Crippen LogP contribution in [0.15, 0.2) is 98.7 Å². The molecule has 0 atom stereocenters. The molecule has 1 N–H and O–H groups in total. The maximum absolute atomic E-state index is 14.0. The average molecular weight is 538 g/mol. The quantitative estimate of drug-likeness (QED) is 0.342. The largest absolute Gasteiger partial charge is 0.384 e. The van der Waals surface area contributed by atoms with E-state index < -0.39 is 0 Å². The van der Waals surface area contributed by atoms with Crippen molar-refractivity contribution in [2.45, 2.75) is 20.4 Å². The van der Waals surface area contributed by atoms with Gasteiger partial charge >= 0.3 is 0 Å². The minimum Gasteiger partial charge on any atom is -0.384 e. The van der Waals surface area contributed by atoms with Crippen molar-refractivity contribution in [3.63, 3.8) is 0 Å². The monoisotopic (exact) mass is 537 g/mol. The van der Waals surface area contributed by atoms with Crippen LogP contribution in [0.4, 0.5) is 11.4 Å². The molecule has 2 aliphatic rings. The van der Waals surface area contributed by atoms with Crippen LogP contribution in [0.1, 0.15) is 30.5 Å². The van der Waals surface area contributed by atoms with Crippen LogP contribution in [0.25, 0.3) is 5.70 Å². The van der Waals surface area contributed by atoms with Gasteiger partial charge in [0.05, 0.1) is 40.3 Å². The van der Waals surface area contributed by atoms with E-state index >= 15 is 0 Å². The van der Waals surface area contributed by atoms with Gasteiger partial charge in [0.2, 0.25) is 0 Å². The minimum atomic E-state index is -0.0736. The van der Waals surface area contributed by atoms with E-state index in [-0.39, 0.29) is 5.91 Å². The molecule has 0 bridgehead atoms. The Kier molecular flexibility index (Phi) is 7.59. The maximum atomic E-state index is 14.0. The van der Waals surface area contributed by atoms with Gasteiger partial charge < -0.3 is 10.2 Å². The van der Waals surface area contributed by atoms with Crippen molar-refractivity contribution < 1.29 is 4.79 Å². The number of carbonyl (C=O) groups excluding carboxylic acids is 1. The van der Waals surface area contributed by atoms with E-state index in [1.54, 1.807) is 28.8 Å². The van der Waals surface area contributed by atoms with Gasteiger partial charge in [-0.15, -0.1) is 0 Å². The number of carbonyl (C=O) groups is 1. The first-order valence-electron chi connectivity index (χ1n) is 12.3. The third-order valence-corrected chi connectivity index (χ3v) is 8.59. The number of amides is 1. The molecule has 0 aromatic heterocycles. The molecule has 8 heteroatoms. The molecule has 0 unspecified atom stereocenters. The molecule has 6 nitrogen and oxygen atoms in total. The Balaban J connectivity index is 1.58. The summed E-state index contributed by atoms with van der Waals surface area (Å²) in [4.78, 5) is 24.6. The van der Waals surface area contributed by atoms with Gasteiger partial charge in [-0.1, -0.05) is 72.4 Å². The van der Waals surface area contributed by atoms with Gasteiger partial charge in [-0.2, -0.15) is 5.26 Å². The fourth-order valence-electron chi connectivity index (χ4n) is 4.45. The van der Waals surface area contributed by atoms with Gasteiger partial charge in [-0.3, -0.25) is 9.69 Å². The van der Waals surface area contributed by atoms with Crippen LogP contribution >= 0.6 is 23.5 Å². The number of benzene rings is 3. The number of amidine groups is 1. The number of rotatable bonds is 6. The lowest BCUT2D eigenvalue weighted by Gasteiger charge is -2.19. The minimum absolute atomic E-state index is 0.0736. The van der Waals surface area contributed by atoms with Gasteiger partial charge in [0.1, 0.15) is 4.91 Å². The molecule has 1 saturated heterocycles. The number of thioether (sulfide) groups is 2. The van der Waals surface area contributed by atoms with Crippen molar-refractivity contribution in [3.8, 4) is 6.07 Å². The molecule has 0 spiro atoms. The van der Waals surface area contributed by atoms with Gasteiger partial charge in [0.25, 0.3) is 5.91 Å². The Hall–Kier alpha value is -3.93. The zero-order valence-electron chi connectivity index (χ0n) is 21.4. The first-order chi connectivity index (χ1) is 18.5. The third kappa shape index (κ3) is 5.08. The Labute approximate surface area is 231 Å². The fourth-order valence-corrected chi connectivity index (χ4v) is 6.76. The van der Waals surface area contributed by atoms with Crippen LogP contribution < -0.4 is 5.32 Å². The number of nitrogens with zero attached hydrogens (tertiary/aromatic N) is 4. The Bertz CT molecular complexity index is 1510. The van der Waals surface area contributed by atoms with Crippen LogP contribution in [0.3, 0.4) is 0 Å². The highest BCUT2D eigenvalue weighted by atomic mass is 32.2. The summed E-state index contributed by atoms with van der Waals surface area (Å²) in [5.74, 6) is -0.0736. The molecule has 0 saturated carbocycles. The lowest BCUT2D eigenvalue weighted by atomic mass is 10.1. The number of nitriles is 1. The van der Waals surface area contributed by atoms with E-state index in [1.165, 1.54) is 11.8 Å². The van der Waals surface area contributed by atoms with E-state index in [4.69, 9.17) is 4.99 Å². The highest BCUT2D eigenvalue weighted by Crippen LogP contribution is 2.50. The summed E-state index contributed by atoms with van der Waals surface area (Å²) in [5, 5.41) is 14.3. The van der Waals surface area contributed by atoms with Crippen molar-refractivity contribution >= 4 is 51.7 Å². The van der Waals surface area contributed by atoms with Crippen LogP contribution in [0, 0.1) is 11.3 Å². The van der Waals surface area contributed by atoms with Gasteiger partial charge in [-0.25, -0.2) is 4.99 Å². The van der Waals surface area contributed by atoms with Crippen LogP contribution in [0.5, 0.6) is 0 Å². The second-order valence-corrected chi connectivity index (χ2v) is 11.0. The fraction of sp³-hybridized carbons (Fsp3) is 0.167. The summed E-state index contributed by atoms with van der Waals surface area (Å²) >= 11 is 3.01. The maximum Gasteiger partial charge on any atom is 0.269 e. The van der Waals surface area contributed by atoms with Crippen molar-refractivity contribution in [1.82, 2.24) is 9.80 Å². The van der Waals surface area contributed by atoms with Crippen molar-refractivity contribution in [2.75, 3.05) is 18.9 Å². The smallest absolute Gasteiger partial charge is 0.269 e. The SMILES string of the molecule is CCNc1ccc(C#N)cc1/N=C1/S/C(=C2\SC(C)=C(c3ccccc3)N2C)C(=O)N1Cc1ccccc1. The van der Waals surface area contributed by atoms with E-state index in [1.807, 2.05) is 68.6 Å². The first-order valence-corrected chi connectivity index (χ1v) is 14.0. The van der Waals surface area contributed by atoms with Crippen molar-refractivity contribution in [1.29, 1.82) is 5.26 Å². The second-order valence-electron chi connectivity index (χ2n) is 8.81. The van der Waals surface area contributed by atoms with Gasteiger partial charge in [-0.05, 0) is 54.9 Å². The lowest BCUT2D eigenvalue weighted by molar-refractivity contribution is -0.122. The Morgan fingerprint density at radius 2 is 1.71 bits per heavy atom. The standard InChI is InChI=1S/C30H27N5OS2/c1-4-32-24-16-15-22(18-31)17-25(24)33-30-35(19-21-11-7-5-8-12-21)28(36)27(38-30)29-34(3)26(20(2)37-29)23-13-9-6-10-14-23/h5-17,32H,4,19H2,1-3H3/b29-27-,33-30+. The molecule has 1 fully saturated rings. The number of allylic oxidation sites excluding steroid dienone is 1. The van der Waals surface area contributed by atoms with Crippen LogP contribution in [0.2, 0.25) is 0 Å². The zero-order chi connectivity index (χ0) is 26.6. The van der Waals surface area contributed by atoms with Crippen LogP contribution in [-0.2, 0) is 11.3 Å². The molecule has 0 aliphatic carbocycles. The summed E-state index contributed by atoms with van der Waals surface area (Å²) in [6.07, 6.45) is 0. The number of aliphatic imine (C=N–C) groups is 1. The molecule has 5 rings (SSSR count). The number of anilines is 1. The van der Waals surface area contributed by atoms with E-state index in [0.717, 1.165) is 32.4 Å². The molecule has 1 amide bonds. The molecule has 190 valence electrons. The molecule has 3 aromatic rings. The highest BCUT2D eigenvalue weighted by Gasteiger charge is 2.39. The van der Waals surface area contributed by atoms with Gasteiger partial charge in [0, 0.05) is 18.5 Å². The molecular formula is C30H27N5OS2. The average Bonchev–Trinajstić information content (AvgIpc) is 3.40. The van der Waals surface area contributed by atoms with Gasteiger partial charge in [0.15, 0.2) is 5.17 Å². The van der Waals surface area contributed by atoms with Crippen LogP contribution in [-0.4, -0.2) is 34.5 Å². The molecule has 38 heavy (non-hydrogen) atoms. The highest BCUT2D eigenvalue weighted by molar-refractivity contribution is 8.19. The predicted molar refractivity (Wildman–Crippen MR) is 158 cm³/mol. The summed E-state index contributed by atoms with van der Waals surface area (Å²) in [6, 6.07) is 27.8. The summed E-state index contributed by atoms with van der Waals surface area (Å²) in [5.41, 5.74) is 5.21. The van der Waals surface area contributed by atoms with E-state index in [2.05, 4.69) is 35.3 Å². The summed E-state index contributed by atoms with van der Waals surface area (Å²) in [6.45, 7) is 5.23. The predicted octanol–water partition coefficient (Wildman–Crippen LogP) is 6.99. The topological polar surface area (TPSA) is 71.7 Å². The van der Waals surface area contributed by atoms with E-state index in [9.17, 15) is 10.1 Å². The lowest BCUT2D eigenvalue weighted by Crippen LogP contribution is -2.29. The molecule has 2 aliphatic heterocycles.